The molecular formula is C23H24ClN3O2. The van der Waals surface area contributed by atoms with Crippen LogP contribution in [0.1, 0.15) is 27.0 Å². The predicted octanol–water partition coefficient (Wildman–Crippen LogP) is 0.164. The average Bonchev–Trinajstić information content (AvgIpc) is 2.69. The maximum atomic E-state index is 12.3. The fourth-order valence-electron chi connectivity index (χ4n) is 2.90. The highest BCUT2D eigenvalue weighted by atomic mass is 35.5. The van der Waals surface area contributed by atoms with E-state index in [1.54, 1.807) is 29.1 Å². The van der Waals surface area contributed by atoms with Crippen LogP contribution in [0.4, 0.5) is 5.69 Å². The molecule has 3 rings (SSSR count). The Labute approximate surface area is 177 Å². The van der Waals surface area contributed by atoms with E-state index < -0.39 is 0 Å². The predicted molar refractivity (Wildman–Crippen MR) is 109 cm³/mol. The normalized spacial score (nSPS) is 10.0. The number of hydrogen-bond donors (Lipinski definition) is 2. The van der Waals surface area contributed by atoms with E-state index in [1.165, 1.54) is 0 Å². The quantitative estimate of drug-likeness (QED) is 0.570. The van der Waals surface area contributed by atoms with E-state index in [0.29, 0.717) is 12.1 Å². The molecule has 2 amide bonds. The number of benzene rings is 2. The van der Waals surface area contributed by atoms with Crippen LogP contribution in [0, 0.1) is 13.8 Å². The van der Waals surface area contributed by atoms with Crippen LogP contribution >= 0.6 is 0 Å². The van der Waals surface area contributed by atoms with Gasteiger partial charge in [0.05, 0.1) is 5.56 Å². The highest BCUT2D eigenvalue weighted by molar-refractivity contribution is 5.94. The summed E-state index contributed by atoms with van der Waals surface area (Å²) in [5.41, 5.74) is 4.61. The maximum absolute atomic E-state index is 12.3. The lowest BCUT2D eigenvalue weighted by molar-refractivity contribution is -0.684. The molecule has 1 aromatic heterocycles. The largest absolute Gasteiger partial charge is 1.00 e. The van der Waals surface area contributed by atoms with Crippen molar-refractivity contribution in [1.82, 2.24) is 5.32 Å². The molecule has 6 heteroatoms. The summed E-state index contributed by atoms with van der Waals surface area (Å²) in [6.07, 6.45) is 3.47. The molecule has 2 aromatic carbocycles. The Hall–Kier alpha value is -3.18. The fraction of sp³-hybridized carbons (Fsp3) is 0.174. The molecule has 1 heterocycles. The number of pyridine rings is 1. The van der Waals surface area contributed by atoms with E-state index in [-0.39, 0.29) is 30.8 Å². The second kappa shape index (κ2) is 10.4. The Balaban J connectivity index is 0.00000300. The minimum absolute atomic E-state index is 0. The Kier molecular flexibility index (Phi) is 7.92. The van der Waals surface area contributed by atoms with Gasteiger partial charge < -0.3 is 23.0 Å². The van der Waals surface area contributed by atoms with E-state index in [2.05, 4.69) is 10.6 Å². The lowest BCUT2D eigenvalue weighted by Crippen LogP contribution is -3.00. The number of halogens is 1. The van der Waals surface area contributed by atoms with Gasteiger partial charge in [-0.15, -0.1) is 0 Å². The van der Waals surface area contributed by atoms with Gasteiger partial charge >= 0.3 is 0 Å². The zero-order valence-electron chi connectivity index (χ0n) is 16.5. The second-order valence-corrected chi connectivity index (χ2v) is 6.79. The molecule has 5 nitrogen and oxygen atoms in total. The van der Waals surface area contributed by atoms with Gasteiger partial charge in [-0.1, -0.05) is 48.0 Å². The molecule has 3 aromatic rings. The second-order valence-electron chi connectivity index (χ2n) is 6.79. The van der Waals surface area contributed by atoms with Gasteiger partial charge in [0.25, 0.3) is 11.8 Å². The van der Waals surface area contributed by atoms with Crippen LogP contribution in [-0.2, 0) is 17.9 Å². The standard InChI is InChI=1S/C23H23N3O2.ClH/c1-17-8-9-21(18(2)14-17)25-22(27)16-26-12-10-20(11-13-26)23(28)24-15-19-6-4-3-5-7-19;/h3-14H,15-16H2,1-2H3,(H-,24,25,27,28);1H. The first-order valence-corrected chi connectivity index (χ1v) is 9.19. The maximum Gasteiger partial charge on any atom is 0.290 e. The van der Waals surface area contributed by atoms with Crippen molar-refractivity contribution in [2.24, 2.45) is 0 Å². The number of amides is 2. The zero-order chi connectivity index (χ0) is 19.9. The summed E-state index contributed by atoms with van der Waals surface area (Å²) in [5, 5.41) is 5.81. The molecule has 0 saturated carbocycles. The third-order valence-electron chi connectivity index (χ3n) is 4.43. The van der Waals surface area contributed by atoms with Gasteiger partial charge in [-0.25, -0.2) is 0 Å². The van der Waals surface area contributed by atoms with Crippen LogP contribution in [0.15, 0.2) is 73.1 Å². The van der Waals surface area contributed by atoms with Gasteiger partial charge in [-0.2, -0.15) is 4.57 Å². The summed E-state index contributed by atoms with van der Waals surface area (Å²) in [4.78, 5) is 24.5. The number of carbonyl (C=O) groups excluding carboxylic acids is 2. The Morgan fingerprint density at radius 1 is 0.931 bits per heavy atom. The smallest absolute Gasteiger partial charge is 0.290 e. The summed E-state index contributed by atoms with van der Waals surface area (Å²) in [6, 6.07) is 19.1. The number of aromatic nitrogens is 1. The molecule has 0 aliphatic carbocycles. The third-order valence-corrected chi connectivity index (χ3v) is 4.43. The van der Waals surface area contributed by atoms with Gasteiger partial charge in [0.15, 0.2) is 12.4 Å². The molecule has 0 aliphatic rings. The lowest BCUT2D eigenvalue weighted by Gasteiger charge is -2.08. The average molecular weight is 410 g/mol. The summed E-state index contributed by atoms with van der Waals surface area (Å²) >= 11 is 0. The number of hydrogen-bond acceptors (Lipinski definition) is 2. The summed E-state index contributed by atoms with van der Waals surface area (Å²) < 4.78 is 1.74. The highest BCUT2D eigenvalue weighted by Crippen LogP contribution is 2.15. The summed E-state index contributed by atoms with van der Waals surface area (Å²) in [7, 11) is 0. The van der Waals surface area contributed by atoms with Gasteiger partial charge in [-0.3, -0.25) is 9.59 Å². The van der Waals surface area contributed by atoms with Crippen LogP contribution < -0.4 is 27.6 Å². The first-order valence-electron chi connectivity index (χ1n) is 9.19. The van der Waals surface area contributed by atoms with E-state index >= 15 is 0 Å². The minimum Gasteiger partial charge on any atom is -1.00 e. The van der Waals surface area contributed by atoms with E-state index in [4.69, 9.17) is 0 Å². The molecule has 0 atom stereocenters. The van der Waals surface area contributed by atoms with E-state index in [0.717, 1.165) is 22.4 Å². The third kappa shape index (κ3) is 6.43. The molecule has 0 radical (unpaired) electrons. The fourth-order valence-corrected chi connectivity index (χ4v) is 2.90. The molecule has 150 valence electrons. The monoisotopic (exact) mass is 409 g/mol. The van der Waals surface area contributed by atoms with Crippen molar-refractivity contribution < 1.29 is 26.6 Å². The highest BCUT2D eigenvalue weighted by Gasteiger charge is 2.13. The Bertz CT molecular complexity index is 973. The summed E-state index contributed by atoms with van der Waals surface area (Å²) in [6.45, 7) is 4.65. The molecule has 29 heavy (non-hydrogen) atoms. The van der Waals surface area contributed by atoms with Crippen LogP contribution in [-0.4, -0.2) is 11.8 Å². The van der Waals surface area contributed by atoms with E-state index in [1.807, 2.05) is 62.4 Å². The molecule has 0 spiro atoms. The minimum atomic E-state index is -0.143. The molecule has 0 aliphatic heterocycles. The molecule has 0 unspecified atom stereocenters. The number of rotatable bonds is 6. The van der Waals surface area contributed by atoms with Gasteiger partial charge in [0.1, 0.15) is 0 Å². The molecule has 0 saturated heterocycles. The van der Waals surface area contributed by atoms with Crippen molar-refractivity contribution in [2.45, 2.75) is 26.9 Å². The first kappa shape index (κ1) is 22.1. The molecule has 0 fully saturated rings. The first-order chi connectivity index (χ1) is 13.5. The van der Waals surface area contributed by atoms with Crippen molar-refractivity contribution >= 4 is 17.5 Å². The SMILES string of the molecule is Cc1ccc(NC(=O)C[n+]2ccc(C(=O)NCc3ccccc3)cc2)c(C)c1.[Cl-]. The number of nitrogens with one attached hydrogen (secondary N) is 2. The van der Waals surface area contributed by atoms with Gasteiger partial charge in [0, 0.05) is 24.4 Å². The molecule has 2 N–H and O–H groups in total. The van der Waals surface area contributed by atoms with Crippen LogP contribution in [0.2, 0.25) is 0 Å². The van der Waals surface area contributed by atoms with Crippen molar-refractivity contribution in [1.29, 1.82) is 0 Å². The Morgan fingerprint density at radius 2 is 1.62 bits per heavy atom. The lowest BCUT2D eigenvalue weighted by atomic mass is 10.1. The molecule has 0 bridgehead atoms. The van der Waals surface area contributed by atoms with Crippen molar-refractivity contribution in [3.05, 3.63) is 95.3 Å². The number of aryl methyl sites for hydroxylation is 2. The zero-order valence-corrected chi connectivity index (χ0v) is 17.2. The number of carbonyl (C=O) groups is 2. The van der Waals surface area contributed by atoms with Crippen LogP contribution in [0.3, 0.4) is 0 Å². The van der Waals surface area contributed by atoms with Gasteiger partial charge in [0.2, 0.25) is 6.54 Å². The van der Waals surface area contributed by atoms with E-state index in [9.17, 15) is 9.59 Å². The van der Waals surface area contributed by atoms with Crippen LogP contribution in [0.25, 0.3) is 0 Å². The van der Waals surface area contributed by atoms with Crippen LogP contribution in [0.5, 0.6) is 0 Å². The van der Waals surface area contributed by atoms with Crippen molar-refractivity contribution in [2.75, 3.05) is 5.32 Å². The Morgan fingerprint density at radius 3 is 2.28 bits per heavy atom. The topological polar surface area (TPSA) is 62.1 Å². The number of nitrogens with zero attached hydrogens (tertiary/aromatic N) is 1. The summed E-state index contributed by atoms with van der Waals surface area (Å²) in [5.74, 6) is -0.256. The van der Waals surface area contributed by atoms with Crippen molar-refractivity contribution in [3.8, 4) is 0 Å². The molecular weight excluding hydrogens is 386 g/mol. The van der Waals surface area contributed by atoms with Crippen molar-refractivity contribution in [3.63, 3.8) is 0 Å². The number of anilines is 1. The van der Waals surface area contributed by atoms with Gasteiger partial charge in [-0.05, 0) is 31.0 Å².